The van der Waals surface area contributed by atoms with Gasteiger partial charge in [-0.05, 0) is 6.92 Å². The monoisotopic (exact) mass is 178 g/mol. The van der Waals surface area contributed by atoms with Crippen molar-refractivity contribution in [2.75, 3.05) is 5.73 Å². The average molecular weight is 178 g/mol. The van der Waals surface area contributed by atoms with Gasteiger partial charge >= 0.3 is 0 Å². The van der Waals surface area contributed by atoms with E-state index in [0.29, 0.717) is 12.4 Å². The SMILES string of the molecule is Cc1cn(Cc2cnoc2)nc1N. The Balaban J connectivity index is 2.19. The van der Waals surface area contributed by atoms with E-state index in [-0.39, 0.29) is 0 Å². The molecule has 5 nitrogen and oxygen atoms in total. The number of nitrogens with two attached hydrogens (primary N) is 1. The molecule has 5 heteroatoms. The van der Waals surface area contributed by atoms with Gasteiger partial charge in [0.1, 0.15) is 12.1 Å². The summed E-state index contributed by atoms with van der Waals surface area (Å²) in [7, 11) is 0. The van der Waals surface area contributed by atoms with Crippen LogP contribution in [0.25, 0.3) is 0 Å². The van der Waals surface area contributed by atoms with E-state index in [1.54, 1.807) is 17.1 Å². The summed E-state index contributed by atoms with van der Waals surface area (Å²) in [5, 5.41) is 7.71. The van der Waals surface area contributed by atoms with Crippen LogP contribution in [0.2, 0.25) is 0 Å². The lowest BCUT2D eigenvalue weighted by molar-refractivity contribution is 0.418. The molecule has 2 aromatic heterocycles. The van der Waals surface area contributed by atoms with Crippen LogP contribution in [0.1, 0.15) is 11.1 Å². The number of hydrogen-bond acceptors (Lipinski definition) is 4. The molecule has 2 N–H and O–H groups in total. The highest BCUT2D eigenvalue weighted by Crippen LogP contribution is 2.08. The first kappa shape index (κ1) is 7.85. The fourth-order valence-corrected chi connectivity index (χ4v) is 1.11. The number of nitrogens with zero attached hydrogens (tertiary/aromatic N) is 3. The lowest BCUT2D eigenvalue weighted by atomic mass is 10.3. The molecule has 0 aliphatic rings. The molecule has 0 fully saturated rings. The molecular formula is C8H10N4O. The van der Waals surface area contributed by atoms with Crippen LogP contribution < -0.4 is 5.73 Å². The fraction of sp³-hybridized carbons (Fsp3) is 0.250. The minimum atomic E-state index is 0.566. The summed E-state index contributed by atoms with van der Waals surface area (Å²) < 4.78 is 6.46. The maximum Gasteiger partial charge on any atom is 0.148 e. The Morgan fingerprint density at radius 3 is 3.00 bits per heavy atom. The van der Waals surface area contributed by atoms with Crippen LogP contribution in [-0.2, 0) is 6.54 Å². The van der Waals surface area contributed by atoms with Gasteiger partial charge in [0.25, 0.3) is 0 Å². The van der Waals surface area contributed by atoms with Gasteiger partial charge in [0.15, 0.2) is 0 Å². The summed E-state index contributed by atoms with van der Waals surface area (Å²) in [6.45, 7) is 2.56. The fourth-order valence-electron chi connectivity index (χ4n) is 1.11. The van der Waals surface area contributed by atoms with Gasteiger partial charge in [0, 0.05) is 17.3 Å². The van der Waals surface area contributed by atoms with Crippen molar-refractivity contribution in [3.8, 4) is 0 Å². The summed E-state index contributed by atoms with van der Waals surface area (Å²) in [4.78, 5) is 0. The molecule has 68 valence electrons. The van der Waals surface area contributed by atoms with Crippen LogP contribution in [0.4, 0.5) is 5.82 Å². The molecule has 2 aromatic rings. The maximum atomic E-state index is 5.60. The van der Waals surface area contributed by atoms with Gasteiger partial charge in [-0.15, -0.1) is 0 Å². The Morgan fingerprint density at radius 1 is 1.62 bits per heavy atom. The van der Waals surface area contributed by atoms with Crippen molar-refractivity contribution < 1.29 is 4.52 Å². The Bertz CT molecular complexity index is 371. The zero-order chi connectivity index (χ0) is 9.26. The van der Waals surface area contributed by atoms with E-state index in [0.717, 1.165) is 11.1 Å². The van der Waals surface area contributed by atoms with Gasteiger partial charge in [-0.2, -0.15) is 5.10 Å². The lowest BCUT2D eigenvalue weighted by Gasteiger charge is -1.94. The molecule has 0 saturated heterocycles. The standard InChI is InChI=1S/C8H10N4O/c1-6-3-12(11-8(6)9)4-7-2-10-13-5-7/h2-3,5H,4H2,1H3,(H2,9,11). The van der Waals surface area contributed by atoms with Gasteiger partial charge in [0.2, 0.25) is 0 Å². The molecule has 13 heavy (non-hydrogen) atoms. The van der Waals surface area contributed by atoms with Crippen molar-refractivity contribution >= 4 is 5.82 Å². The van der Waals surface area contributed by atoms with Crippen LogP contribution in [-0.4, -0.2) is 14.9 Å². The smallest absolute Gasteiger partial charge is 0.148 e. The number of rotatable bonds is 2. The number of nitrogen functional groups attached to an aromatic ring is 1. The van der Waals surface area contributed by atoms with E-state index < -0.39 is 0 Å². The molecule has 0 aliphatic heterocycles. The molecule has 2 rings (SSSR count). The third kappa shape index (κ3) is 1.53. The van der Waals surface area contributed by atoms with E-state index in [4.69, 9.17) is 10.3 Å². The van der Waals surface area contributed by atoms with Crippen molar-refractivity contribution in [2.24, 2.45) is 0 Å². The largest absolute Gasteiger partial charge is 0.382 e. The molecule has 0 amide bonds. The molecule has 0 bridgehead atoms. The van der Waals surface area contributed by atoms with E-state index in [1.165, 1.54) is 0 Å². The van der Waals surface area contributed by atoms with Crippen molar-refractivity contribution in [3.05, 3.63) is 29.8 Å². The number of aryl methyl sites for hydroxylation is 1. The maximum absolute atomic E-state index is 5.60. The third-order valence-electron chi connectivity index (χ3n) is 1.81. The van der Waals surface area contributed by atoms with Crippen LogP contribution in [0.5, 0.6) is 0 Å². The normalized spacial score (nSPS) is 10.5. The van der Waals surface area contributed by atoms with Crippen LogP contribution in [0.15, 0.2) is 23.2 Å². The highest BCUT2D eigenvalue weighted by atomic mass is 16.5. The quantitative estimate of drug-likeness (QED) is 0.738. The van der Waals surface area contributed by atoms with E-state index in [2.05, 4.69) is 10.3 Å². The number of hydrogen-bond donors (Lipinski definition) is 1. The van der Waals surface area contributed by atoms with Gasteiger partial charge in [-0.3, -0.25) is 4.68 Å². The van der Waals surface area contributed by atoms with Gasteiger partial charge in [0.05, 0.1) is 12.7 Å². The Morgan fingerprint density at radius 2 is 2.46 bits per heavy atom. The van der Waals surface area contributed by atoms with Gasteiger partial charge in [-0.25, -0.2) is 0 Å². The summed E-state index contributed by atoms with van der Waals surface area (Å²) in [5.41, 5.74) is 7.56. The molecular weight excluding hydrogens is 168 g/mol. The van der Waals surface area contributed by atoms with Crippen molar-refractivity contribution in [2.45, 2.75) is 13.5 Å². The van der Waals surface area contributed by atoms with Gasteiger partial charge in [-0.1, -0.05) is 5.16 Å². The second kappa shape index (κ2) is 2.93. The minimum Gasteiger partial charge on any atom is -0.382 e. The van der Waals surface area contributed by atoms with Crippen LogP contribution in [0, 0.1) is 6.92 Å². The van der Waals surface area contributed by atoms with E-state index in [1.807, 2.05) is 13.1 Å². The zero-order valence-electron chi connectivity index (χ0n) is 7.27. The first-order valence-electron chi connectivity index (χ1n) is 3.93. The number of aromatic nitrogens is 3. The Labute approximate surface area is 75.1 Å². The summed E-state index contributed by atoms with van der Waals surface area (Å²) in [6, 6.07) is 0. The molecule has 0 spiro atoms. The first-order chi connectivity index (χ1) is 6.25. The highest BCUT2D eigenvalue weighted by molar-refractivity contribution is 5.35. The summed E-state index contributed by atoms with van der Waals surface area (Å²) in [6.07, 6.45) is 5.14. The van der Waals surface area contributed by atoms with Crippen LogP contribution in [0.3, 0.4) is 0 Å². The topological polar surface area (TPSA) is 69.9 Å². The van der Waals surface area contributed by atoms with Crippen molar-refractivity contribution in [1.82, 2.24) is 14.9 Å². The van der Waals surface area contributed by atoms with Crippen LogP contribution >= 0.6 is 0 Å². The molecule has 0 atom stereocenters. The molecule has 2 heterocycles. The molecule has 0 aliphatic carbocycles. The number of anilines is 1. The zero-order valence-corrected chi connectivity index (χ0v) is 7.27. The average Bonchev–Trinajstić information content (AvgIpc) is 2.64. The van der Waals surface area contributed by atoms with E-state index >= 15 is 0 Å². The first-order valence-corrected chi connectivity index (χ1v) is 3.93. The minimum absolute atomic E-state index is 0.566. The summed E-state index contributed by atoms with van der Waals surface area (Å²) >= 11 is 0. The Kier molecular flexibility index (Phi) is 1.77. The predicted octanol–water partition coefficient (Wildman–Crippen LogP) is 0.810. The second-order valence-electron chi connectivity index (χ2n) is 2.93. The van der Waals surface area contributed by atoms with Crippen molar-refractivity contribution in [1.29, 1.82) is 0 Å². The van der Waals surface area contributed by atoms with Crippen molar-refractivity contribution in [3.63, 3.8) is 0 Å². The van der Waals surface area contributed by atoms with E-state index in [9.17, 15) is 0 Å². The molecule has 0 saturated carbocycles. The second-order valence-corrected chi connectivity index (χ2v) is 2.93. The lowest BCUT2D eigenvalue weighted by Crippen LogP contribution is -1.99. The summed E-state index contributed by atoms with van der Waals surface area (Å²) in [5.74, 6) is 0.566. The third-order valence-corrected chi connectivity index (χ3v) is 1.81. The predicted molar refractivity (Wildman–Crippen MR) is 47.0 cm³/mol. The molecule has 0 unspecified atom stereocenters. The molecule has 0 radical (unpaired) electrons. The molecule has 0 aromatic carbocycles. The van der Waals surface area contributed by atoms with Gasteiger partial charge < -0.3 is 10.3 Å². The highest BCUT2D eigenvalue weighted by Gasteiger charge is 2.02. The Hall–Kier alpha value is -1.78.